The molecule has 0 aromatic heterocycles. The average molecular weight is 233 g/mol. The molecule has 1 fully saturated rings. The van der Waals surface area contributed by atoms with E-state index in [-0.39, 0.29) is 0 Å². The SMILES string of the molecule is Cc1cccc(C(NC2CCCC2)C(=O)O)c1. The second-order valence-electron chi connectivity index (χ2n) is 4.83. The fourth-order valence-electron chi connectivity index (χ4n) is 2.49. The van der Waals surface area contributed by atoms with E-state index in [4.69, 9.17) is 0 Å². The Morgan fingerprint density at radius 2 is 2.12 bits per heavy atom. The zero-order valence-electron chi connectivity index (χ0n) is 10.1. The van der Waals surface area contributed by atoms with Gasteiger partial charge in [0.1, 0.15) is 6.04 Å². The molecule has 0 bridgehead atoms. The van der Waals surface area contributed by atoms with Crippen molar-refractivity contribution in [2.24, 2.45) is 0 Å². The molecule has 92 valence electrons. The van der Waals surface area contributed by atoms with Crippen molar-refractivity contribution in [2.75, 3.05) is 0 Å². The zero-order chi connectivity index (χ0) is 12.3. The van der Waals surface area contributed by atoms with Gasteiger partial charge in [-0.05, 0) is 25.3 Å². The van der Waals surface area contributed by atoms with Crippen molar-refractivity contribution in [3.63, 3.8) is 0 Å². The molecule has 2 rings (SSSR count). The number of carboxylic acid groups (broad SMARTS) is 1. The molecule has 0 saturated heterocycles. The van der Waals surface area contributed by atoms with Gasteiger partial charge in [-0.3, -0.25) is 10.1 Å². The summed E-state index contributed by atoms with van der Waals surface area (Å²) in [5.74, 6) is -0.789. The first-order valence-electron chi connectivity index (χ1n) is 6.22. The minimum Gasteiger partial charge on any atom is -0.480 e. The molecule has 1 aliphatic rings. The third kappa shape index (κ3) is 3.07. The molecule has 0 amide bonds. The maximum Gasteiger partial charge on any atom is 0.325 e. The van der Waals surface area contributed by atoms with Crippen LogP contribution in [0.5, 0.6) is 0 Å². The number of aryl methyl sites for hydroxylation is 1. The van der Waals surface area contributed by atoms with Crippen molar-refractivity contribution in [2.45, 2.75) is 44.7 Å². The van der Waals surface area contributed by atoms with Crippen molar-refractivity contribution >= 4 is 5.97 Å². The molecule has 0 heterocycles. The van der Waals surface area contributed by atoms with Gasteiger partial charge < -0.3 is 5.11 Å². The zero-order valence-corrected chi connectivity index (χ0v) is 10.1. The molecule has 1 unspecified atom stereocenters. The molecular formula is C14H19NO2. The Kier molecular flexibility index (Phi) is 3.79. The minimum atomic E-state index is -0.789. The molecule has 2 N–H and O–H groups in total. The van der Waals surface area contributed by atoms with E-state index in [9.17, 15) is 9.90 Å². The number of carboxylic acids is 1. The van der Waals surface area contributed by atoms with E-state index in [0.717, 1.165) is 24.0 Å². The fourth-order valence-corrected chi connectivity index (χ4v) is 2.49. The summed E-state index contributed by atoms with van der Waals surface area (Å²) < 4.78 is 0. The van der Waals surface area contributed by atoms with Crippen LogP contribution >= 0.6 is 0 Å². The molecule has 1 atom stereocenters. The number of carbonyl (C=O) groups is 1. The summed E-state index contributed by atoms with van der Waals surface area (Å²) in [5, 5.41) is 12.6. The maximum absolute atomic E-state index is 11.3. The summed E-state index contributed by atoms with van der Waals surface area (Å²) in [7, 11) is 0. The summed E-state index contributed by atoms with van der Waals surface area (Å²) >= 11 is 0. The van der Waals surface area contributed by atoms with E-state index in [1.807, 2.05) is 31.2 Å². The molecule has 17 heavy (non-hydrogen) atoms. The summed E-state index contributed by atoms with van der Waals surface area (Å²) in [6.45, 7) is 1.98. The standard InChI is InChI=1S/C14H19NO2/c1-10-5-4-6-11(9-10)13(14(16)17)15-12-7-2-3-8-12/h4-6,9,12-13,15H,2-3,7-8H2,1H3,(H,16,17). The topological polar surface area (TPSA) is 49.3 Å². The monoisotopic (exact) mass is 233 g/mol. The van der Waals surface area contributed by atoms with Gasteiger partial charge in [0.25, 0.3) is 0 Å². The quantitative estimate of drug-likeness (QED) is 0.840. The van der Waals surface area contributed by atoms with E-state index in [2.05, 4.69) is 5.32 Å². The van der Waals surface area contributed by atoms with Crippen LogP contribution in [0.1, 0.15) is 42.9 Å². The van der Waals surface area contributed by atoms with E-state index >= 15 is 0 Å². The Hall–Kier alpha value is -1.35. The van der Waals surface area contributed by atoms with Crippen LogP contribution in [0.4, 0.5) is 0 Å². The van der Waals surface area contributed by atoms with Gasteiger partial charge in [-0.25, -0.2) is 0 Å². The van der Waals surface area contributed by atoms with Gasteiger partial charge in [-0.15, -0.1) is 0 Å². The van der Waals surface area contributed by atoms with E-state index in [1.54, 1.807) is 0 Å². The highest BCUT2D eigenvalue weighted by molar-refractivity contribution is 5.75. The Balaban J connectivity index is 2.13. The normalized spacial score (nSPS) is 18.2. The smallest absolute Gasteiger partial charge is 0.325 e. The van der Waals surface area contributed by atoms with Gasteiger partial charge in [0, 0.05) is 6.04 Å². The predicted molar refractivity (Wildman–Crippen MR) is 66.9 cm³/mol. The van der Waals surface area contributed by atoms with Gasteiger partial charge in [0.05, 0.1) is 0 Å². The van der Waals surface area contributed by atoms with Crippen LogP contribution in [0.25, 0.3) is 0 Å². The summed E-state index contributed by atoms with van der Waals surface area (Å²) in [6, 6.07) is 7.51. The lowest BCUT2D eigenvalue weighted by molar-refractivity contribution is -0.139. The highest BCUT2D eigenvalue weighted by Crippen LogP contribution is 2.22. The first-order valence-corrected chi connectivity index (χ1v) is 6.22. The highest BCUT2D eigenvalue weighted by atomic mass is 16.4. The summed E-state index contributed by atoms with van der Waals surface area (Å²) in [5.41, 5.74) is 1.95. The number of rotatable bonds is 4. The van der Waals surface area contributed by atoms with Gasteiger partial charge in [-0.2, -0.15) is 0 Å². The molecule has 1 saturated carbocycles. The fraction of sp³-hybridized carbons (Fsp3) is 0.500. The number of aliphatic carboxylic acids is 1. The van der Waals surface area contributed by atoms with Crippen molar-refractivity contribution in [3.8, 4) is 0 Å². The first-order chi connectivity index (χ1) is 8.16. The van der Waals surface area contributed by atoms with Crippen molar-refractivity contribution in [1.82, 2.24) is 5.32 Å². The third-order valence-electron chi connectivity index (χ3n) is 3.38. The molecule has 0 aliphatic heterocycles. The Bertz CT molecular complexity index is 397. The van der Waals surface area contributed by atoms with E-state index < -0.39 is 12.0 Å². The van der Waals surface area contributed by atoms with Crippen LogP contribution in [0, 0.1) is 6.92 Å². The highest BCUT2D eigenvalue weighted by Gasteiger charge is 2.25. The average Bonchev–Trinajstić information content (AvgIpc) is 2.78. The summed E-state index contributed by atoms with van der Waals surface area (Å²) in [6.07, 6.45) is 4.60. The van der Waals surface area contributed by atoms with Crippen LogP contribution in [-0.2, 0) is 4.79 Å². The number of nitrogens with one attached hydrogen (secondary N) is 1. The van der Waals surface area contributed by atoms with Gasteiger partial charge >= 0.3 is 5.97 Å². The van der Waals surface area contributed by atoms with E-state index in [1.165, 1.54) is 12.8 Å². The van der Waals surface area contributed by atoms with Gasteiger partial charge in [0.2, 0.25) is 0 Å². The van der Waals surface area contributed by atoms with Crippen LogP contribution in [0.15, 0.2) is 24.3 Å². The maximum atomic E-state index is 11.3. The Morgan fingerprint density at radius 3 is 2.71 bits per heavy atom. The lowest BCUT2D eigenvalue weighted by Gasteiger charge is -2.20. The molecule has 1 aliphatic carbocycles. The van der Waals surface area contributed by atoms with Crippen molar-refractivity contribution < 1.29 is 9.90 Å². The van der Waals surface area contributed by atoms with Crippen LogP contribution in [-0.4, -0.2) is 17.1 Å². The van der Waals surface area contributed by atoms with Crippen molar-refractivity contribution in [3.05, 3.63) is 35.4 Å². The molecule has 3 nitrogen and oxygen atoms in total. The lowest BCUT2D eigenvalue weighted by atomic mass is 10.0. The minimum absolute atomic E-state index is 0.358. The Labute approximate surface area is 102 Å². The van der Waals surface area contributed by atoms with Crippen LogP contribution in [0.2, 0.25) is 0 Å². The van der Waals surface area contributed by atoms with Gasteiger partial charge in [0.15, 0.2) is 0 Å². The number of benzene rings is 1. The molecule has 0 radical (unpaired) electrons. The number of hydrogen-bond donors (Lipinski definition) is 2. The third-order valence-corrected chi connectivity index (χ3v) is 3.38. The van der Waals surface area contributed by atoms with Gasteiger partial charge in [-0.1, -0.05) is 42.7 Å². The predicted octanol–water partition coefficient (Wildman–Crippen LogP) is 2.65. The molecule has 1 aromatic rings. The molecule has 0 spiro atoms. The molecular weight excluding hydrogens is 214 g/mol. The van der Waals surface area contributed by atoms with Crippen LogP contribution in [0.3, 0.4) is 0 Å². The summed E-state index contributed by atoms with van der Waals surface area (Å²) in [4.78, 5) is 11.3. The second-order valence-corrected chi connectivity index (χ2v) is 4.83. The largest absolute Gasteiger partial charge is 0.480 e. The lowest BCUT2D eigenvalue weighted by Crippen LogP contribution is -2.35. The second kappa shape index (κ2) is 5.32. The number of hydrogen-bond acceptors (Lipinski definition) is 2. The Morgan fingerprint density at radius 1 is 1.41 bits per heavy atom. The molecule has 3 heteroatoms. The van der Waals surface area contributed by atoms with Crippen LogP contribution < -0.4 is 5.32 Å². The first kappa shape index (κ1) is 12.1. The molecule has 1 aromatic carbocycles. The van der Waals surface area contributed by atoms with Crippen molar-refractivity contribution in [1.29, 1.82) is 0 Å². The van der Waals surface area contributed by atoms with E-state index in [0.29, 0.717) is 6.04 Å².